The maximum Gasteiger partial charge on any atom is 0.117 e. The van der Waals surface area contributed by atoms with Crippen molar-refractivity contribution in [2.75, 3.05) is 7.11 Å². The second-order valence-corrected chi connectivity index (χ2v) is 5.87. The lowest BCUT2D eigenvalue weighted by molar-refractivity contribution is -0.132. The van der Waals surface area contributed by atoms with Crippen LogP contribution in [-0.4, -0.2) is 17.8 Å². The molecule has 0 radical (unpaired) electrons. The molecule has 0 aromatic carbocycles. The van der Waals surface area contributed by atoms with E-state index in [-0.39, 0.29) is 5.60 Å². The third kappa shape index (κ3) is 2.17. The van der Waals surface area contributed by atoms with Crippen molar-refractivity contribution in [3.8, 4) is 0 Å². The predicted molar refractivity (Wildman–Crippen MR) is 66.7 cm³/mol. The largest absolute Gasteiger partial charge is 0.385 e. The smallest absolute Gasteiger partial charge is 0.117 e. The highest BCUT2D eigenvalue weighted by molar-refractivity contribution is 7.10. The molecule has 1 aliphatic carbocycles. The van der Waals surface area contributed by atoms with Crippen molar-refractivity contribution in [1.29, 1.82) is 0 Å². The summed E-state index contributed by atoms with van der Waals surface area (Å²) in [5, 5.41) is 12.5. The van der Waals surface area contributed by atoms with Crippen LogP contribution in [0.1, 0.15) is 43.6 Å². The van der Waals surface area contributed by atoms with E-state index in [9.17, 15) is 5.11 Å². The SMILES string of the molecule is COC1(C(O)c2cccs2)CCCC(C)C1. The summed E-state index contributed by atoms with van der Waals surface area (Å²) in [5.41, 5.74) is -0.359. The fraction of sp³-hybridized carbons (Fsp3) is 0.692. The number of rotatable bonds is 3. The molecule has 3 heteroatoms. The van der Waals surface area contributed by atoms with Gasteiger partial charge in [0.1, 0.15) is 6.10 Å². The van der Waals surface area contributed by atoms with Crippen LogP contribution >= 0.6 is 11.3 Å². The van der Waals surface area contributed by atoms with E-state index in [1.807, 2.05) is 17.5 Å². The minimum atomic E-state index is -0.472. The Balaban J connectivity index is 2.20. The summed E-state index contributed by atoms with van der Waals surface area (Å²) in [6.07, 6.45) is 3.86. The van der Waals surface area contributed by atoms with E-state index < -0.39 is 6.10 Å². The maximum atomic E-state index is 10.5. The highest BCUT2D eigenvalue weighted by atomic mass is 32.1. The van der Waals surface area contributed by atoms with E-state index in [2.05, 4.69) is 6.92 Å². The Hall–Kier alpha value is -0.380. The first-order valence-corrected chi connectivity index (χ1v) is 6.82. The first-order chi connectivity index (χ1) is 7.68. The minimum Gasteiger partial charge on any atom is -0.385 e. The van der Waals surface area contributed by atoms with E-state index in [1.54, 1.807) is 18.4 Å². The lowest BCUT2D eigenvalue weighted by atomic mass is 9.75. The van der Waals surface area contributed by atoms with Gasteiger partial charge in [-0.2, -0.15) is 0 Å². The van der Waals surface area contributed by atoms with Crippen molar-refractivity contribution in [3.63, 3.8) is 0 Å². The molecule has 0 amide bonds. The summed E-state index contributed by atoms with van der Waals surface area (Å²) >= 11 is 1.61. The van der Waals surface area contributed by atoms with Gasteiger partial charge >= 0.3 is 0 Å². The Labute approximate surface area is 101 Å². The van der Waals surface area contributed by atoms with Crippen molar-refractivity contribution >= 4 is 11.3 Å². The van der Waals surface area contributed by atoms with Gasteiger partial charge in [0.05, 0.1) is 5.60 Å². The number of aliphatic hydroxyl groups is 1. The monoisotopic (exact) mass is 240 g/mol. The Bertz CT molecular complexity index is 323. The predicted octanol–water partition coefficient (Wildman–Crippen LogP) is 3.38. The number of methoxy groups -OCH3 is 1. The summed E-state index contributed by atoms with van der Waals surface area (Å²) in [5.74, 6) is 0.642. The van der Waals surface area contributed by atoms with Gasteiger partial charge < -0.3 is 9.84 Å². The van der Waals surface area contributed by atoms with E-state index in [0.29, 0.717) is 5.92 Å². The first-order valence-electron chi connectivity index (χ1n) is 5.94. The van der Waals surface area contributed by atoms with Crippen LogP contribution in [0.15, 0.2) is 17.5 Å². The molecule has 3 unspecified atom stereocenters. The van der Waals surface area contributed by atoms with Crippen molar-refractivity contribution in [3.05, 3.63) is 22.4 Å². The van der Waals surface area contributed by atoms with Crippen molar-refractivity contribution in [2.24, 2.45) is 5.92 Å². The minimum absolute atomic E-state index is 0.359. The highest BCUT2D eigenvalue weighted by Crippen LogP contribution is 2.44. The van der Waals surface area contributed by atoms with Crippen LogP contribution < -0.4 is 0 Å². The molecule has 0 aliphatic heterocycles. The van der Waals surface area contributed by atoms with Gasteiger partial charge in [0.25, 0.3) is 0 Å². The molecule has 16 heavy (non-hydrogen) atoms. The second kappa shape index (κ2) is 4.86. The molecule has 1 aliphatic rings. The molecule has 1 heterocycles. The molecule has 1 N–H and O–H groups in total. The summed E-state index contributed by atoms with van der Waals surface area (Å²) in [4.78, 5) is 1.02. The van der Waals surface area contributed by atoms with Gasteiger partial charge in [0.15, 0.2) is 0 Å². The molecule has 1 fully saturated rings. The van der Waals surface area contributed by atoms with E-state index >= 15 is 0 Å². The average molecular weight is 240 g/mol. The number of hydrogen-bond donors (Lipinski definition) is 1. The molecule has 0 bridgehead atoms. The topological polar surface area (TPSA) is 29.5 Å². The molecule has 90 valence electrons. The molecular weight excluding hydrogens is 220 g/mol. The van der Waals surface area contributed by atoms with E-state index in [0.717, 1.165) is 24.1 Å². The van der Waals surface area contributed by atoms with E-state index in [4.69, 9.17) is 4.74 Å². The van der Waals surface area contributed by atoms with E-state index in [1.165, 1.54) is 6.42 Å². The van der Waals surface area contributed by atoms with Crippen LogP contribution in [0.5, 0.6) is 0 Å². The Morgan fingerprint density at radius 3 is 3.00 bits per heavy atom. The fourth-order valence-electron chi connectivity index (χ4n) is 2.80. The maximum absolute atomic E-state index is 10.5. The second-order valence-electron chi connectivity index (χ2n) is 4.89. The van der Waals surface area contributed by atoms with Gasteiger partial charge in [0.2, 0.25) is 0 Å². The van der Waals surface area contributed by atoms with Crippen LogP contribution in [-0.2, 0) is 4.74 Å². The Morgan fingerprint density at radius 1 is 1.62 bits per heavy atom. The lowest BCUT2D eigenvalue weighted by Gasteiger charge is -2.42. The standard InChI is InChI=1S/C13H20O2S/c1-10-5-3-7-13(9-10,15-2)12(14)11-6-4-8-16-11/h4,6,8,10,12,14H,3,5,7,9H2,1-2H3. The Morgan fingerprint density at radius 2 is 2.44 bits per heavy atom. The van der Waals surface area contributed by atoms with Crippen LogP contribution in [0.2, 0.25) is 0 Å². The number of thiophene rings is 1. The summed E-state index contributed by atoms with van der Waals surface area (Å²) in [6.45, 7) is 2.24. The molecule has 1 saturated carbocycles. The zero-order valence-corrected chi connectivity index (χ0v) is 10.8. The summed E-state index contributed by atoms with van der Waals surface area (Å²) in [7, 11) is 1.73. The van der Waals surface area contributed by atoms with Gasteiger partial charge in [-0.05, 0) is 30.2 Å². The fourth-order valence-corrected chi connectivity index (χ4v) is 3.61. The number of hydrogen-bond acceptors (Lipinski definition) is 3. The average Bonchev–Trinajstić information content (AvgIpc) is 2.81. The molecule has 0 saturated heterocycles. The van der Waals surface area contributed by atoms with Crippen molar-refractivity contribution in [1.82, 2.24) is 0 Å². The van der Waals surface area contributed by atoms with Crippen molar-refractivity contribution < 1.29 is 9.84 Å². The molecule has 3 atom stereocenters. The highest BCUT2D eigenvalue weighted by Gasteiger charge is 2.42. The lowest BCUT2D eigenvalue weighted by Crippen LogP contribution is -2.42. The first kappa shape index (κ1) is 12.1. The third-order valence-electron chi connectivity index (χ3n) is 3.71. The van der Waals surface area contributed by atoms with Gasteiger partial charge in [-0.3, -0.25) is 0 Å². The molecule has 1 aromatic rings. The molecule has 2 nitrogen and oxygen atoms in total. The molecule has 2 rings (SSSR count). The zero-order chi connectivity index (χ0) is 11.6. The quantitative estimate of drug-likeness (QED) is 0.877. The number of aliphatic hydroxyl groups excluding tert-OH is 1. The van der Waals surface area contributed by atoms with Gasteiger partial charge in [-0.25, -0.2) is 0 Å². The molecular formula is C13H20O2S. The summed E-state index contributed by atoms with van der Waals surface area (Å²) < 4.78 is 5.69. The summed E-state index contributed by atoms with van der Waals surface area (Å²) in [6, 6.07) is 3.98. The van der Waals surface area contributed by atoms with Crippen LogP contribution in [0, 0.1) is 5.92 Å². The number of ether oxygens (including phenoxy) is 1. The Kier molecular flexibility index (Phi) is 3.67. The van der Waals surface area contributed by atoms with Gasteiger partial charge in [-0.1, -0.05) is 25.8 Å². The van der Waals surface area contributed by atoms with Gasteiger partial charge in [-0.15, -0.1) is 11.3 Å². The molecule has 1 aromatic heterocycles. The molecule has 0 spiro atoms. The van der Waals surface area contributed by atoms with Crippen LogP contribution in [0.3, 0.4) is 0 Å². The van der Waals surface area contributed by atoms with Crippen LogP contribution in [0.4, 0.5) is 0 Å². The van der Waals surface area contributed by atoms with Gasteiger partial charge in [0, 0.05) is 12.0 Å². The third-order valence-corrected chi connectivity index (χ3v) is 4.63. The van der Waals surface area contributed by atoms with Crippen molar-refractivity contribution in [2.45, 2.75) is 44.3 Å². The zero-order valence-electron chi connectivity index (χ0n) is 9.98. The van der Waals surface area contributed by atoms with Crippen LogP contribution in [0.25, 0.3) is 0 Å². The normalized spacial score (nSPS) is 32.6.